The monoisotopic (exact) mass is 533 g/mol. The number of esters is 1. The van der Waals surface area contributed by atoms with Gasteiger partial charge in [-0.25, -0.2) is 14.2 Å². The van der Waals surface area contributed by atoms with Crippen LogP contribution in [0, 0.1) is 12.7 Å². The molecule has 2 aliphatic carbocycles. The molecule has 2 atom stereocenters. The van der Waals surface area contributed by atoms with Crippen LogP contribution in [0.15, 0.2) is 16.9 Å². The Morgan fingerprint density at radius 3 is 2.69 bits per heavy atom. The molecule has 3 aromatic rings. The van der Waals surface area contributed by atoms with Crippen LogP contribution in [0.5, 0.6) is 0 Å². The van der Waals surface area contributed by atoms with Crippen LogP contribution in [0.4, 0.5) is 4.39 Å². The number of nitrogens with zero attached hydrogens (tertiary/aromatic N) is 2. The molecule has 1 amide bonds. The number of aliphatic hydroxyl groups is 2. The molecule has 0 spiro atoms. The van der Waals surface area contributed by atoms with Crippen molar-refractivity contribution in [2.75, 3.05) is 0 Å². The summed E-state index contributed by atoms with van der Waals surface area (Å²) in [5.74, 6) is -1.61. The molecule has 0 unspecified atom stereocenters. The number of amides is 1. The number of ether oxygens (including phenoxy) is 1. The minimum absolute atomic E-state index is 0.0237. The second-order valence-corrected chi connectivity index (χ2v) is 11.3. The van der Waals surface area contributed by atoms with Crippen molar-refractivity contribution in [3.05, 3.63) is 61.7 Å². The van der Waals surface area contributed by atoms with Gasteiger partial charge in [-0.15, -0.1) is 0 Å². The number of pyridine rings is 2. The van der Waals surface area contributed by atoms with E-state index >= 15 is 4.39 Å². The van der Waals surface area contributed by atoms with Gasteiger partial charge in [0, 0.05) is 22.6 Å². The Balaban J connectivity index is 1.47. The average Bonchev–Trinajstić information content (AvgIpc) is 3.27. The highest BCUT2D eigenvalue weighted by molar-refractivity contribution is 5.94. The van der Waals surface area contributed by atoms with Crippen LogP contribution < -0.4 is 10.9 Å². The number of benzene rings is 1. The Morgan fingerprint density at radius 1 is 1.23 bits per heavy atom. The predicted molar refractivity (Wildman–Crippen MR) is 137 cm³/mol. The predicted octanol–water partition coefficient (Wildman–Crippen LogP) is 2.55. The van der Waals surface area contributed by atoms with Crippen LogP contribution in [0.25, 0.3) is 22.3 Å². The maximum Gasteiger partial charge on any atom is 0.343 e. The van der Waals surface area contributed by atoms with Crippen molar-refractivity contribution < 1.29 is 28.9 Å². The molecule has 1 aromatic carbocycles. The smallest absolute Gasteiger partial charge is 0.343 e. The summed E-state index contributed by atoms with van der Waals surface area (Å²) in [6, 6.07) is 2.54. The molecule has 2 aliphatic heterocycles. The molecule has 0 bridgehead atoms. The lowest BCUT2D eigenvalue weighted by atomic mass is 9.78. The van der Waals surface area contributed by atoms with E-state index in [1.54, 1.807) is 19.9 Å². The van der Waals surface area contributed by atoms with Gasteiger partial charge in [-0.2, -0.15) is 0 Å². The molecule has 4 heterocycles. The zero-order valence-corrected chi connectivity index (χ0v) is 21.7. The number of carbonyl (C=O) groups is 2. The standard InChI is InChI=1S/C29H28FN3O6/c1-3-29(38)17-9-21-24-15(11-33(21)25(34)16(17)12-39-27(29)36)23-19(32-26(35)28(37)7-4-8-28)6-5-14-13(2)18(30)10-20(31-24)22(14)23/h9-10,19,37-38H,3-8,11-12H2,1-2H3,(H,32,35)/t19-,29+/m1/s1. The Hall–Kier alpha value is -3.63. The van der Waals surface area contributed by atoms with Crippen molar-refractivity contribution >= 4 is 22.8 Å². The normalized spacial score (nSPS) is 23.9. The summed E-state index contributed by atoms with van der Waals surface area (Å²) in [7, 11) is 0. The highest BCUT2D eigenvalue weighted by Gasteiger charge is 2.47. The summed E-state index contributed by atoms with van der Waals surface area (Å²) in [6.07, 6.45) is 2.65. The first-order chi connectivity index (χ1) is 18.6. The second-order valence-electron chi connectivity index (χ2n) is 11.3. The zero-order chi connectivity index (χ0) is 27.4. The van der Waals surface area contributed by atoms with E-state index < -0.39 is 29.1 Å². The molecule has 7 rings (SSSR count). The molecule has 0 radical (unpaired) electrons. The largest absolute Gasteiger partial charge is 0.458 e. The molecule has 1 saturated carbocycles. The Labute approximate surface area is 222 Å². The van der Waals surface area contributed by atoms with E-state index in [0.717, 1.165) is 28.5 Å². The molecular formula is C29H28FN3O6. The van der Waals surface area contributed by atoms with Gasteiger partial charge in [0.2, 0.25) is 0 Å². The number of aromatic nitrogens is 2. The second kappa shape index (κ2) is 7.95. The summed E-state index contributed by atoms with van der Waals surface area (Å²) in [5.41, 5.74) is 0.822. The molecule has 3 N–H and O–H groups in total. The quantitative estimate of drug-likeness (QED) is 0.345. The Morgan fingerprint density at radius 2 is 2.00 bits per heavy atom. The first-order valence-corrected chi connectivity index (χ1v) is 13.4. The number of halogens is 1. The van der Waals surface area contributed by atoms with E-state index in [0.29, 0.717) is 48.2 Å². The lowest BCUT2D eigenvalue weighted by Crippen LogP contribution is -2.52. The summed E-state index contributed by atoms with van der Waals surface area (Å²) in [4.78, 5) is 44.1. The van der Waals surface area contributed by atoms with Gasteiger partial charge < -0.3 is 24.8 Å². The van der Waals surface area contributed by atoms with Crippen LogP contribution in [-0.4, -0.2) is 37.2 Å². The zero-order valence-electron chi connectivity index (χ0n) is 21.7. The molecule has 0 saturated heterocycles. The van der Waals surface area contributed by atoms with Crippen molar-refractivity contribution in [3.8, 4) is 11.4 Å². The van der Waals surface area contributed by atoms with Gasteiger partial charge in [0.25, 0.3) is 11.5 Å². The number of carbonyl (C=O) groups excluding carboxylic acids is 2. The van der Waals surface area contributed by atoms with Crippen LogP contribution in [0.3, 0.4) is 0 Å². The Bertz CT molecular complexity index is 1710. The maximum absolute atomic E-state index is 15.0. The summed E-state index contributed by atoms with van der Waals surface area (Å²) >= 11 is 0. The first-order valence-electron chi connectivity index (χ1n) is 13.4. The summed E-state index contributed by atoms with van der Waals surface area (Å²) < 4.78 is 21.7. The minimum atomic E-state index is -1.96. The molecular weight excluding hydrogens is 505 g/mol. The van der Waals surface area contributed by atoms with E-state index in [1.807, 2.05) is 0 Å². The van der Waals surface area contributed by atoms with Crippen molar-refractivity contribution in [2.24, 2.45) is 0 Å². The number of fused-ring (bicyclic) bond motifs is 5. The molecule has 1 fully saturated rings. The van der Waals surface area contributed by atoms with E-state index in [-0.39, 0.29) is 42.1 Å². The number of cyclic esters (lactones) is 1. The number of nitrogens with one attached hydrogen (secondary N) is 1. The van der Waals surface area contributed by atoms with E-state index in [4.69, 9.17) is 9.72 Å². The van der Waals surface area contributed by atoms with Crippen LogP contribution in [-0.2, 0) is 39.5 Å². The third-order valence-corrected chi connectivity index (χ3v) is 9.29. The Kier molecular flexibility index (Phi) is 4.98. The summed E-state index contributed by atoms with van der Waals surface area (Å²) in [6.45, 7) is 3.30. The minimum Gasteiger partial charge on any atom is -0.458 e. The van der Waals surface area contributed by atoms with E-state index in [2.05, 4.69) is 5.32 Å². The SMILES string of the molecule is CC[C@@]1(O)C(=O)OCc2c1cc1n(c2=O)Cc2c-1nc1cc(F)c(C)c3c1c2[C@H](NC(=O)C1(O)CCC1)CC3. The molecule has 4 aliphatic rings. The lowest BCUT2D eigenvalue weighted by molar-refractivity contribution is -0.172. The molecule has 9 nitrogen and oxygen atoms in total. The van der Waals surface area contributed by atoms with Gasteiger partial charge in [0.1, 0.15) is 18.0 Å². The van der Waals surface area contributed by atoms with Crippen LogP contribution in [0.2, 0.25) is 0 Å². The van der Waals surface area contributed by atoms with E-state index in [9.17, 15) is 24.6 Å². The molecule has 39 heavy (non-hydrogen) atoms. The number of hydrogen-bond donors (Lipinski definition) is 3. The van der Waals surface area contributed by atoms with E-state index in [1.165, 1.54) is 10.6 Å². The fraction of sp³-hybridized carbons (Fsp3) is 0.448. The first kappa shape index (κ1) is 24.4. The lowest BCUT2D eigenvalue weighted by Gasteiger charge is -2.37. The summed E-state index contributed by atoms with van der Waals surface area (Å²) in [5, 5.41) is 25.7. The van der Waals surface area contributed by atoms with Crippen LogP contribution >= 0.6 is 0 Å². The third kappa shape index (κ3) is 3.12. The van der Waals surface area contributed by atoms with Gasteiger partial charge in [-0.05, 0) is 68.2 Å². The van der Waals surface area contributed by atoms with Crippen molar-refractivity contribution in [3.63, 3.8) is 0 Å². The van der Waals surface area contributed by atoms with Crippen molar-refractivity contribution in [1.82, 2.24) is 14.9 Å². The van der Waals surface area contributed by atoms with Gasteiger partial charge >= 0.3 is 5.97 Å². The van der Waals surface area contributed by atoms with Crippen LogP contribution in [0.1, 0.15) is 78.5 Å². The topological polar surface area (TPSA) is 131 Å². The highest BCUT2D eigenvalue weighted by Crippen LogP contribution is 2.46. The fourth-order valence-corrected chi connectivity index (χ4v) is 6.73. The maximum atomic E-state index is 15.0. The van der Waals surface area contributed by atoms with Gasteiger partial charge in [-0.1, -0.05) is 6.92 Å². The molecule has 2 aromatic heterocycles. The number of hydrogen-bond acceptors (Lipinski definition) is 7. The number of rotatable bonds is 3. The highest BCUT2D eigenvalue weighted by atomic mass is 19.1. The van der Waals surface area contributed by atoms with Crippen molar-refractivity contribution in [2.45, 2.75) is 82.8 Å². The molecule has 202 valence electrons. The molecule has 10 heteroatoms. The van der Waals surface area contributed by atoms with Crippen molar-refractivity contribution in [1.29, 1.82) is 0 Å². The van der Waals surface area contributed by atoms with Gasteiger partial charge in [-0.3, -0.25) is 9.59 Å². The fourth-order valence-electron chi connectivity index (χ4n) is 6.73. The average molecular weight is 534 g/mol. The number of aryl methyl sites for hydroxylation is 1. The van der Waals surface area contributed by atoms with Gasteiger partial charge in [0.05, 0.1) is 35.1 Å². The van der Waals surface area contributed by atoms with Gasteiger partial charge in [0.15, 0.2) is 5.60 Å². The third-order valence-electron chi connectivity index (χ3n) is 9.29.